The molecule has 1 amide bonds. The van der Waals surface area contributed by atoms with E-state index in [9.17, 15) is 13.6 Å². The van der Waals surface area contributed by atoms with Crippen molar-refractivity contribution in [2.24, 2.45) is 11.5 Å². The molecule has 7 heteroatoms. The summed E-state index contributed by atoms with van der Waals surface area (Å²) in [4.78, 5) is 12.5. The van der Waals surface area contributed by atoms with Gasteiger partial charge in [-0.1, -0.05) is 6.42 Å². The first-order chi connectivity index (χ1) is 6.96. The number of nitrogens with zero attached hydrogens (tertiary/aromatic N) is 1. The van der Waals surface area contributed by atoms with Crippen LogP contribution < -0.4 is 11.5 Å². The van der Waals surface area contributed by atoms with Crippen molar-refractivity contribution in [2.75, 3.05) is 19.6 Å². The van der Waals surface area contributed by atoms with Gasteiger partial charge >= 0.3 is 0 Å². The summed E-state index contributed by atoms with van der Waals surface area (Å²) in [6.45, 7) is -0.421. The van der Waals surface area contributed by atoms with Gasteiger partial charge in [-0.3, -0.25) is 4.79 Å². The lowest BCUT2D eigenvalue weighted by Gasteiger charge is -2.39. The van der Waals surface area contributed by atoms with Crippen molar-refractivity contribution in [3.63, 3.8) is 0 Å². The fraction of sp³-hybridized carbons (Fsp3) is 0.889. The van der Waals surface area contributed by atoms with Gasteiger partial charge in [0.1, 0.15) is 0 Å². The quantitative estimate of drug-likeness (QED) is 0.698. The van der Waals surface area contributed by atoms with E-state index in [1.165, 1.54) is 0 Å². The van der Waals surface area contributed by atoms with Crippen LogP contribution in [0.4, 0.5) is 8.78 Å². The molecule has 0 radical (unpaired) electrons. The molecule has 1 unspecified atom stereocenters. The zero-order valence-electron chi connectivity index (χ0n) is 8.99. The number of rotatable bonds is 5. The average molecular weight is 258 g/mol. The Morgan fingerprint density at radius 1 is 1.38 bits per heavy atom. The van der Waals surface area contributed by atoms with Gasteiger partial charge in [-0.25, -0.2) is 8.78 Å². The van der Waals surface area contributed by atoms with Gasteiger partial charge in [-0.15, -0.1) is 12.4 Å². The molecule has 0 aromatic carbocycles. The lowest BCUT2D eigenvalue weighted by atomic mass is 10.1. The monoisotopic (exact) mass is 257 g/mol. The third-order valence-corrected chi connectivity index (χ3v) is 2.44. The summed E-state index contributed by atoms with van der Waals surface area (Å²) >= 11 is 0. The van der Waals surface area contributed by atoms with Gasteiger partial charge < -0.3 is 16.4 Å². The van der Waals surface area contributed by atoms with Gasteiger partial charge in [0.2, 0.25) is 5.91 Å². The lowest BCUT2D eigenvalue weighted by Crippen LogP contribution is -2.61. The molecule has 1 heterocycles. The number of alkyl halides is 2. The highest BCUT2D eigenvalue weighted by molar-refractivity contribution is 5.85. The summed E-state index contributed by atoms with van der Waals surface area (Å²) in [5.74, 6) is -3.09. The molecule has 1 saturated heterocycles. The Labute approximate surface area is 99.7 Å². The fourth-order valence-electron chi connectivity index (χ4n) is 1.53. The maximum absolute atomic E-state index is 12.5. The lowest BCUT2D eigenvalue weighted by molar-refractivity contribution is -0.167. The van der Waals surface area contributed by atoms with Gasteiger partial charge in [0.15, 0.2) is 0 Å². The van der Waals surface area contributed by atoms with Crippen molar-refractivity contribution in [1.82, 2.24) is 4.90 Å². The summed E-state index contributed by atoms with van der Waals surface area (Å²) in [6.07, 6.45) is 2.07. The van der Waals surface area contributed by atoms with E-state index < -0.39 is 25.1 Å². The number of likely N-dealkylation sites (tertiary alicyclic amines) is 1. The van der Waals surface area contributed by atoms with Crippen LogP contribution in [-0.2, 0) is 4.79 Å². The zero-order chi connectivity index (χ0) is 11.5. The van der Waals surface area contributed by atoms with E-state index in [0.717, 1.165) is 17.7 Å². The maximum Gasteiger partial charge on any atom is 0.282 e. The van der Waals surface area contributed by atoms with E-state index in [1.54, 1.807) is 0 Å². The summed E-state index contributed by atoms with van der Waals surface area (Å²) in [5.41, 5.74) is 10.9. The van der Waals surface area contributed by atoms with Crippen LogP contribution in [0.1, 0.15) is 19.3 Å². The Bertz CT molecular complexity index is 233. The van der Waals surface area contributed by atoms with Crippen LogP contribution in [0.15, 0.2) is 0 Å². The number of hydrogen-bond donors (Lipinski definition) is 2. The van der Waals surface area contributed by atoms with Gasteiger partial charge in [0.05, 0.1) is 19.1 Å². The highest BCUT2D eigenvalue weighted by atomic mass is 35.5. The Hall–Kier alpha value is -0.460. The molecule has 0 aromatic heterocycles. The van der Waals surface area contributed by atoms with Gasteiger partial charge in [0, 0.05) is 0 Å². The minimum Gasteiger partial charge on any atom is -0.330 e. The minimum atomic E-state index is -2.72. The molecule has 16 heavy (non-hydrogen) atoms. The Kier molecular flexibility index (Phi) is 6.14. The second kappa shape index (κ2) is 6.32. The summed E-state index contributed by atoms with van der Waals surface area (Å²) in [6, 6.07) is -0.660. The van der Waals surface area contributed by atoms with Crippen LogP contribution in [0.2, 0.25) is 0 Å². The normalized spacial score (nSPS) is 19.6. The average Bonchev–Trinajstić information content (AvgIpc) is 2.13. The number of halogens is 3. The number of hydrogen-bond acceptors (Lipinski definition) is 3. The van der Waals surface area contributed by atoms with E-state index in [2.05, 4.69) is 0 Å². The number of carbonyl (C=O) groups is 1. The second-order valence-electron chi connectivity index (χ2n) is 3.94. The minimum absolute atomic E-state index is 0. The Morgan fingerprint density at radius 2 is 1.94 bits per heavy atom. The standard InChI is InChI=1S/C9H17F2N3O.ClH/c10-9(11)5-14(6-9)8(15)7(13)3-1-2-4-12;/h7H,1-6,12-13H2;1H. The predicted molar refractivity (Wildman–Crippen MR) is 59.7 cm³/mol. The number of amides is 1. The molecule has 4 N–H and O–H groups in total. The van der Waals surface area contributed by atoms with E-state index in [0.29, 0.717) is 13.0 Å². The van der Waals surface area contributed by atoms with Crippen LogP contribution in [0.3, 0.4) is 0 Å². The molecule has 4 nitrogen and oxygen atoms in total. The Morgan fingerprint density at radius 3 is 2.38 bits per heavy atom. The first-order valence-corrected chi connectivity index (χ1v) is 5.08. The van der Waals surface area contributed by atoms with Crippen molar-refractivity contribution in [1.29, 1.82) is 0 Å². The third-order valence-electron chi connectivity index (χ3n) is 2.44. The topological polar surface area (TPSA) is 72.3 Å². The molecular weight excluding hydrogens is 240 g/mol. The molecule has 1 rings (SSSR count). The highest BCUT2D eigenvalue weighted by Crippen LogP contribution is 2.27. The fourth-order valence-corrected chi connectivity index (χ4v) is 1.53. The third kappa shape index (κ3) is 4.19. The molecule has 1 fully saturated rings. The van der Waals surface area contributed by atoms with Crippen LogP contribution in [-0.4, -0.2) is 42.4 Å². The number of carbonyl (C=O) groups excluding carboxylic acids is 1. The molecule has 0 bridgehead atoms. The van der Waals surface area contributed by atoms with E-state index >= 15 is 0 Å². The molecule has 1 atom stereocenters. The van der Waals surface area contributed by atoms with Gasteiger partial charge in [-0.2, -0.15) is 0 Å². The van der Waals surface area contributed by atoms with Crippen LogP contribution in [0.5, 0.6) is 0 Å². The van der Waals surface area contributed by atoms with Gasteiger partial charge in [0.25, 0.3) is 5.92 Å². The molecule has 0 aliphatic carbocycles. The van der Waals surface area contributed by atoms with Crippen LogP contribution in [0.25, 0.3) is 0 Å². The molecule has 1 aliphatic heterocycles. The van der Waals surface area contributed by atoms with Crippen molar-refractivity contribution in [3.05, 3.63) is 0 Å². The number of unbranched alkanes of at least 4 members (excludes halogenated alkanes) is 1. The molecule has 0 saturated carbocycles. The SMILES string of the molecule is Cl.NCCCCC(N)C(=O)N1CC(F)(F)C1. The van der Waals surface area contributed by atoms with Crippen molar-refractivity contribution in [3.8, 4) is 0 Å². The number of nitrogens with two attached hydrogens (primary N) is 2. The largest absolute Gasteiger partial charge is 0.330 e. The summed E-state index contributed by atoms with van der Waals surface area (Å²) in [7, 11) is 0. The predicted octanol–water partition coefficient (Wildman–Crippen LogP) is 0.342. The molecule has 0 spiro atoms. The van der Waals surface area contributed by atoms with Crippen molar-refractivity contribution in [2.45, 2.75) is 31.2 Å². The summed E-state index contributed by atoms with van der Waals surface area (Å²) < 4.78 is 24.9. The molecule has 96 valence electrons. The van der Waals surface area contributed by atoms with Crippen LogP contribution in [0, 0.1) is 0 Å². The second-order valence-corrected chi connectivity index (χ2v) is 3.94. The van der Waals surface area contributed by atoms with Gasteiger partial charge in [-0.05, 0) is 19.4 Å². The van der Waals surface area contributed by atoms with E-state index in [-0.39, 0.29) is 18.3 Å². The molecule has 0 aromatic rings. The van der Waals surface area contributed by atoms with Crippen molar-refractivity contribution >= 4 is 18.3 Å². The summed E-state index contributed by atoms with van der Waals surface area (Å²) in [5, 5.41) is 0. The zero-order valence-corrected chi connectivity index (χ0v) is 9.81. The molecule has 1 aliphatic rings. The Balaban J connectivity index is 0.00000225. The first-order valence-electron chi connectivity index (χ1n) is 5.08. The first kappa shape index (κ1) is 15.5. The molecular formula is C9H18ClF2N3O. The van der Waals surface area contributed by atoms with Crippen molar-refractivity contribution < 1.29 is 13.6 Å². The highest BCUT2D eigenvalue weighted by Gasteiger charge is 2.46. The van der Waals surface area contributed by atoms with E-state index in [4.69, 9.17) is 11.5 Å². The van der Waals surface area contributed by atoms with Crippen LogP contribution >= 0.6 is 12.4 Å². The smallest absolute Gasteiger partial charge is 0.282 e. The van der Waals surface area contributed by atoms with E-state index in [1.807, 2.05) is 0 Å². The maximum atomic E-state index is 12.5.